The second-order valence-electron chi connectivity index (χ2n) is 7.55. The molecule has 4 nitrogen and oxygen atoms in total. The molecule has 0 aromatic carbocycles. The molecule has 1 N–H and O–H groups in total. The number of hydrogen-bond acceptors (Lipinski definition) is 4. The number of esters is 1. The summed E-state index contributed by atoms with van der Waals surface area (Å²) in [6.45, 7) is 4.27. The van der Waals surface area contributed by atoms with Crippen LogP contribution in [0.4, 0.5) is 0 Å². The van der Waals surface area contributed by atoms with Crippen molar-refractivity contribution in [3.05, 3.63) is 0 Å². The van der Waals surface area contributed by atoms with Crippen molar-refractivity contribution in [2.45, 2.75) is 71.3 Å². The van der Waals surface area contributed by atoms with Crippen molar-refractivity contribution in [1.82, 2.24) is 0 Å². The van der Waals surface area contributed by atoms with Crippen LogP contribution in [0.1, 0.15) is 65.2 Å². The van der Waals surface area contributed by atoms with E-state index in [0.717, 1.165) is 19.3 Å². The zero-order chi connectivity index (χ0) is 15.7. The predicted octanol–water partition coefficient (Wildman–Crippen LogP) is 2.87. The highest BCUT2D eigenvalue weighted by Gasteiger charge is 2.54. The lowest BCUT2D eigenvalue weighted by molar-refractivity contribution is -0.155. The quantitative estimate of drug-likeness (QED) is 0.734. The zero-order valence-electron chi connectivity index (χ0n) is 13.5. The highest BCUT2D eigenvalue weighted by Crippen LogP contribution is 2.53. The minimum absolute atomic E-state index is 0.00965. The van der Waals surface area contributed by atoms with Gasteiger partial charge in [0.05, 0.1) is 7.11 Å². The third-order valence-electron chi connectivity index (χ3n) is 5.58. The number of ketones is 1. The number of methoxy groups -OCH3 is 1. The molecule has 1 unspecified atom stereocenters. The molecular weight excluding hydrogens is 268 g/mol. The first kappa shape index (κ1) is 16.5. The zero-order valence-corrected chi connectivity index (χ0v) is 13.5. The largest absolute Gasteiger partial charge is 0.467 e. The van der Waals surface area contributed by atoms with E-state index in [9.17, 15) is 14.7 Å². The van der Waals surface area contributed by atoms with Crippen LogP contribution >= 0.6 is 0 Å². The molecule has 4 heteroatoms. The minimum Gasteiger partial charge on any atom is -0.467 e. The number of carbonyl (C=O) groups excluding carboxylic acids is 2. The minimum atomic E-state index is -1.15. The topological polar surface area (TPSA) is 63.6 Å². The molecule has 0 aliphatic heterocycles. The van der Waals surface area contributed by atoms with Gasteiger partial charge < -0.3 is 9.84 Å². The van der Waals surface area contributed by atoms with E-state index in [4.69, 9.17) is 0 Å². The maximum absolute atomic E-state index is 12.5. The smallest absolute Gasteiger partial charge is 0.335 e. The van der Waals surface area contributed by atoms with Gasteiger partial charge in [0.15, 0.2) is 6.10 Å². The van der Waals surface area contributed by atoms with Crippen LogP contribution in [0.5, 0.6) is 0 Å². The molecule has 0 aromatic heterocycles. The van der Waals surface area contributed by atoms with Crippen molar-refractivity contribution >= 4 is 11.8 Å². The molecule has 2 aliphatic rings. The summed E-state index contributed by atoms with van der Waals surface area (Å²) >= 11 is 0. The van der Waals surface area contributed by atoms with Crippen LogP contribution in [-0.2, 0) is 14.3 Å². The summed E-state index contributed by atoms with van der Waals surface area (Å²) < 4.78 is 4.60. The third kappa shape index (κ3) is 3.65. The Kier molecular flexibility index (Phi) is 4.76. The number of ether oxygens (including phenoxy) is 1. The van der Waals surface area contributed by atoms with E-state index in [1.165, 1.54) is 32.8 Å². The first-order chi connectivity index (χ1) is 9.82. The normalized spacial score (nSPS) is 25.1. The number of hydrogen-bond donors (Lipinski definition) is 1. The third-order valence-corrected chi connectivity index (χ3v) is 5.58. The molecule has 0 spiro atoms. The molecule has 0 amide bonds. The van der Waals surface area contributed by atoms with E-state index < -0.39 is 17.5 Å². The molecule has 2 atom stereocenters. The fraction of sp³-hybridized carbons (Fsp3) is 0.882. The Morgan fingerprint density at radius 2 is 1.76 bits per heavy atom. The van der Waals surface area contributed by atoms with Crippen LogP contribution in [-0.4, -0.2) is 30.1 Å². The SMILES string of the molecule is COC(=O)C(O)C1(CC(=O)[C@@H](C)CC2(C)CCCC2)CC1. The van der Waals surface area contributed by atoms with Gasteiger partial charge in [-0.15, -0.1) is 0 Å². The van der Waals surface area contributed by atoms with Gasteiger partial charge in [-0.2, -0.15) is 0 Å². The highest BCUT2D eigenvalue weighted by atomic mass is 16.5. The van der Waals surface area contributed by atoms with Gasteiger partial charge >= 0.3 is 5.97 Å². The Labute approximate surface area is 127 Å². The molecule has 2 rings (SSSR count). The first-order valence-electron chi connectivity index (χ1n) is 8.11. The average molecular weight is 296 g/mol. The van der Waals surface area contributed by atoms with Crippen molar-refractivity contribution in [3.8, 4) is 0 Å². The van der Waals surface area contributed by atoms with Gasteiger partial charge in [-0.05, 0) is 37.5 Å². The van der Waals surface area contributed by atoms with Crippen molar-refractivity contribution < 1.29 is 19.4 Å². The molecular formula is C17H28O4. The molecule has 0 aromatic rings. The number of Topliss-reactive ketones (excluding diaryl/α,β-unsaturated/α-hetero) is 1. The predicted molar refractivity (Wildman–Crippen MR) is 79.7 cm³/mol. The monoisotopic (exact) mass is 296 g/mol. The summed E-state index contributed by atoms with van der Waals surface area (Å²) in [7, 11) is 1.27. The number of carbonyl (C=O) groups is 2. The van der Waals surface area contributed by atoms with E-state index >= 15 is 0 Å². The van der Waals surface area contributed by atoms with Crippen LogP contribution in [0.3, 0.4) is 0 Å². The van der Waals surface area contributed by atoms with Gasteiger partial charge in [0.1, 0.15) is 5.78 Å². The Morgan fingerprint density at radius 3 is 2.24 bits per heavy atom. The van der Waals surface area contributed by atoms with Crippen molar-refractivity contribution in [3.63, 3.8) is 0 Å². The highest BCUT2D eigenvalue weighted by molar-refractivity contribution is 5.84. The Hall–Kier alpha value is -0.900. The van der Waals surface area contributed by atoms with Crippen molar-refractivity contribution in [1.29, 1.82) is 0 Å². The summed E-state index contributed by atoms with van der Waals surface area (Å²) in [6, 6.07) is 0. The maximum atomic E-state index is 12.5. The first-order valence-corrected chi connectivity index (χ1v) is 8.11. The van der Waals surface area contributed by atoms with Gasteiger partial charge in [-0.3, -0.25) is 4.79 Å². The lowest BCUT2D eigenvalue weighted by Gasteiger charge is -2.28. The lowest BCUT2D eigenvalue weighted by Crippen LogP contribution is -2.35. The molecule has 0 bridgehead atoms. The van der Waals surface area contributed by atoms with Crippen molar-refractivity contribution in [2.24, 2.45) is 16.7 Å². The van der Waals surface area contributed by atoms with Crippen LogP contribution in [0, 0.1) is 16.7 Å². The summed E-state index contributed by atoms with van der Waals surface area (Å²) in [5.74, 6) is -0.422. The number of aliphatic hydroxyl groups is 1. The summed E-state index contributed by atoms with van der Waals surface area (Å²) in [6.07, 6.45) is 6.50. The standard InChI is InChI=1S/C17H28O4/c1-12(10-16(2)6-4-5-7-16)13(18)11-17(8-9-17)14(19)15(20)21-3/h12,14,19H,4-11H2,1-3H3/t12-,14?/m0/s1. The van der Waals surface area contributed by atoms with Gasteiger partial charge in [-0.25, -0.2) is 4.79 Å². The van der Waals surface area contributed by atoms with E-state index in [-0.39, 0.29) is 11.7 Å². The van der Waals surface area contributed by atoms with Gasteiger partial charge in [0.25, 0.3) is 0 Å². The van der Waals surface area contributed by atoms with Crippen LogP contribution < -0.4 is 0 Å². The lowest BCUT2D eigenvalue weighted by atomic mass is 9.77. The Bertz CT molecular complexity index is 405. The Morgan fingerprint density at radius 1 is 1.19 bits per heavy atom. The molecule has 120 valence electrons. The maximum Gasteiger partial charge on any atom is 0.335 e. The average Bonchev–Trinajstić information content (AvgIpc) is 3.11. The molecule has 2 saturated carbocycles. The second-order valence-corrected chi connectivity index (χ2v) is 7.55. The number of rotatable bonds is 7. The van der Waals surface area contributed by atoms with Gasteiger partial charge in [-0.1, -0.05) is 26.7 Å². The van der Waals surface area contributed by atoms with E-state index in [1.54, 1.807) is 0 Å². The molecule has 2 fully saturated rings. The summed E-state index contributed by atoms with van der Waals surface area (Å²) in [5.41, 5.74) is -0.248. The Balaban J connectivity index is 1.90. The summed E-state index contributed by atoms with van der Waals surface area (Å²) in [4.78, 5) is 24.0. The van der Waals surface area contributed by atoms with Gasteiger partial charge in [0.2, 0.25) is 0 Å². The summed E-state index contributed by atoms with van der Waals surface area (Å²) in [5, 5.41) is 10.0. The van der Waals surface area contributed by atoms with Crippen LogP contribution in [0.25, 0.3) is 0 Å². The fourth-order valence-corrected chi connectivity index (χ4v) is 3.88. The van der Waals surface area contributed by atoms with Crippen molar-refractivity contribution in [2.75, 3.05) is 7.11 Å². The van der Waals surface area contributed by atoms with E-state index in [2.05, 4.69) is 11.7 Å². The second kappa shape index (κ2) is 6.07. The molecule has 21 heavy (non-hydrogen) atoms. The van der Waals surface area contributed by atoms with Crippen LogP contribution in [0.2, 0.25) is 0 Å². The molecule has 0 radical (unpaired) electrons. The van der Waals surface area contributed by atoms with Crippen LogP contribution in [0.15, 0.2) is 0 Å². The molecule has 2 aliphatic carbocycles. The fourth-order valence-electron chi connectivity index (χ4n) is 3.88. The van der Waals surface area contributed by atoms with E-state index in [0.29, 0.717) is 11.8 Å². The number of aliphatic hydroxyl groups excluding tert-OH is 1. The van der Waals surface area contributed by atoms with E-state index in [1.807, 2.05) is 6.92 Å². The molecule has 0 saturated heterocycles. The molecule has 0 heterocycles. The van der Waals surface area contributed by atoms with Gasteiger partial charge in [0, 0.05) is 17.8 Å².